The Morgan fingerprint density at radius 3 is 2.80 bits per heavy atom. The highest BCUT2D eigenvalue weighted by molar-refractivity contribution is 5.95. The van der Waals surface area contributed by atoms with E-state index in [0.717, 1.165) is 5.56 Å². The van der Waals surface area contributed by atoms with Crippen molar-refractivity contribution < 1.29 is 23.8 Å². The van der Waals surface area contributed by atoms with Gasteiger partial charge >= 0.3 is 0 Å². The van der Waals surface area contributed by atoms with Gasteiger partial charge in [0.1, 0.15) is 5.75 Å². The predicted molar refractivity (Wildman–Crippen MR) is 90.1 cm³/mol. The van der Waals surface area contributed by atoms with Crippen LogP contribution in [0.1, 0.15) is 12.0 Å². The van der Waals surface area contributed by atoms with Crippen molar-refractivity contribution in [2.45, 2.75) is 12.8 Å². The van der Waals surface area contributed by atoms with E-state index < -0.39 is 0 Å². The van der Waals surface area contributed by atoms with Crippen LogP contribution in [0.5, 0.6) is 17.2 Å². The predicted octanol–water partition coefficient (Wildman–Crippen LogP) is 2.32. The van der Waals surface area contributed by atoms with Gasteiger partial charge < -0.3 is 24.8 Å². The minimum absolute atomic E-state index is 0.0966. The van der Waals surface area contributed by atoms with Gasteiger partial charge in [0.2, 0.25) is 18.6 Å². The molecule has 0 saturated heterocycles. The van der Waals surface area contributed by atoms with E-state index >= 15 is 0 Å². The molecule has 128 valence electrons. The molecule has 2 aliphatic heterocycles. The van der Waals surface area contributed by atoms with Gasteiger partial charge in [-0.1, -0.05) is 6.07 Å². The molecule has 0 aliphatic carbocycles. The summed E-state index contributed by atoms with van der Waals surface area (Å²) >= 11 is 0. The Morgan fingerprint density at radius 2 is 1.88 bits per heavy atom. The van der Waals surface area contributed by atoms with Crippen molar-refractivity contribution in [3.8, 4) is 17.2 Å². The second-order valence-electron chi connectivity index (χ2n) is 5.77. The molecule has 2 N–H and O–H groups in total. The second-order valence-corrected chi connectivity index (χ2v) is 5.77. The minimum Gasteiger partial charge on any atom is -0.491 e. The molecule has 25 heavy (non-hydrogen) atoms. The van der Waals surface area contributed by atoms with Crippen LogP contribution in [0.3, 0.4) is 0 Å². The van der Waals surface area contributed by atoms with Gasteiger partial charge in [-0.3, -0.25) is 9.59 Å². The van der Waals surface area contributed by atoms with E-state index in [9.17, 15) is 9.59 Å². The summed E-state index contributed by atoms with van der Waals surface area (Å²) in [4.78, 5) is 23.9. The summed E-state index contributed by atoms with van der Waals surface area (Å²) in [6.45, 7) is 0.540. The average molecular weight is 340 g/mol. The molecular weight excluding hydrogens is 324 g/mol. The fourth-order valence-electron chi connectivity index (χ4n) is 2.74. The lowest BCUT2D eigenvalue weighted by Crippen LogP contribution is -2.15. The third-order valence-electron chi connectivity index (χ3n) is 3.93. The average Bonchev–Trinajstić information content (AvgIpc) is 2.96. The molecule has 2 heterocycles. The number of anilines is 2. The molecule has 2 aromatic rings. The van der Waals surface area contributed by atoms with Crippen LogP contribution < -0.4 is 24.8 Å². The summed E-state index contributed by atoms with van der Waals surface area (Å²) in [5, 5.41) is 5.62. The van der Waals surface area contributed by atoms with Crippen molar-refractivity contribution in [2.75, 3.05) is 24.0 Å². The summed E-state index contributed by atoms with van der Waals surface area (Å²) in [6, 6.07) is 10.6. The van der Waals surface area contributed by atoms with Crippen molar-refractivity contribution in [2.24, 2.45) is 0 Å². The monoisotopic (exact) mass is 340 g/mol. The van der Waals surface area contributed by atoms with Gasteiger partial charge in [-0.05, 0) is 29.8 Å². The number of carbonyl (C=O) groups excluding carboxylic acids is 2. The highest BCUT2D eigenvalue weighted by atomic mass is 16.7. The standard InChI is InChI=1S/C18H16N2O5/c21-17-5-6-23-14-3-1-11(7-13(14)20-17)8-18(22)19-12-2-4-15-16(9-12)25-10-24-15/h1-4,7,9H,5-6,8,10H2,(H,19,22)(H,20,21). The van der Waals surface area contributed by atoms with Gasteiger partial charge in [0, 0.05) is 11.8 Å². The largest absolute Gasteiger partial charge is 0.491 e. The summed E-state index contributed by atoms with van der Waals surface area (Å²) in [6.07, 6.45) is 0.492. The number of benzene rings is 2. The van der Waals surface area contributed by atoms with E-state index in [0.29, 0.717) is 41.7 Å². The van der Waals surface area contributed by atoms with Gasteiger partial charge in [0.15, 0.2) is 11.5 Å². The van der Waals surface area contributed by atoms with Crippen LogP contribution in [0.2, 0.25) is 0 Å². The van der Waals surface area contributed by atoms with Crippen molar-refractivity contribution in [1.29, 1.82) is 0 Å². The zero-order valence-corrected chi connectivity index (χ0v) is 13.3. The maximum absolute atomic E-state index is 12.3. The Labute approximate surface area is 143 Å². The van der Waals surface area contributed by atoms with Crippen molar-refractivity contribution in [1.82, 2.24) is 0 Å². The molecule has 2 amide bonds. The molecule has 0 aromatic heterocycles. The van der Waals surface area contributed by atoms with E-state index in [2.05, 4.69) is 10.6 Å². The maximum atomic E-state index is 12.3. The zero-order valence-electron chi connectivity index (χ0n) is 13.3. The fourth-order valence-corrected chi connectivity index (χ4v) is 2.74. The van der Waals surface area contributed by atoms with E-state index in [1.807, 2.05) is 6.07 Å². The molecule has 0 radical (unpaired) electrons. The van der Waals surface area contributed by atoms with E-state index in [-0.39, 0.29) is 25.0 Å². The number of carbonyl (C=O) groups is 2. The Hall–Kier alpha value is -3.22. The molecule has 0 fully saturated rings. The molecule has 4 rings (SSSR count). The smallest absolute Gasteiger partial charge is 0.231 e. The number of rotatable bonds is 3. The van der Waals surface area contributed by atoms with Crippen LogP contribution in [0.15, 0.2) is 36.4 Å². The number of amides is 2. The van der Waals surface area contributed by atoms with E-state index in [1.54, 1.807) is 30.3 Å². The molecule has 2 aliphatic rings. The number of hydrogen-bond acceptors (Lipinski definition) is 5. The zero-order chi connectivity index (χ0) is 17.2. The van der Waals surface area contributed by atoms with Gasteiger partial charge in [-0.15, -0.1) is 0 Å². The van der Waals surface area contributed by atoms with Crippen molar-refractivity contribution in [3.05, 3.63) is 42.0 Å². The van der Waals surface area contributed by atoms with E-state index in [1.165, 1.54) is 0 Å². The third-order valence-corrected chi connectivity index (χ3v) is 3.93. The summed E-state index contributed by atoms with van der Waals surface area (Å²) < 4.78 is 16.0. The fraction of sp³-hybridized carbons (Fsp3) is 0.222. The quantitative estimate of drug-likeness (QED) is 0.895. The topological polar surface area (TPSA) is 85.9 Å². The first-order valence-corrected chi connectivity index (χ1v) is 7.92. The lowest BCUT2D eigenvalue weighted by atomic mass is 10.1. The van der Waals surface area contributed by atoms with Crippen LogP contribution in [0.25, 0.3) is 0 Å². The second kappa shape index (κ2) is 6.35. The number of nitrogens with one attached hydrogen (secondary N) is 2. The molecule has 7 nitrogen and oxygen atoms in total. The Balaban J connectivity index is 1.45. The van der Waals surface area contributed by atoms with Crippen molar-refractivity contribution >= 4 is 23.2 Å². The first kappa shape index (κ1) is 15.3. The van der Waals surface area contributed by atoms with Crippen LogP contribution in [0.4, 0.5) is 11.4 Å². The normalized spacial score (nSPS) is 14.8. The summed E-state index contributed by atoms with van der Waals surface area (Å²) in [5.74, 6) is 1.63. The highest BCUT2D eigenvalue weighted by Gasteiger charge is 2.16. The SMILES string of the molecule is O=C(Cc1ccc2c(c1)NC(=O)CCO2)Nc1ccc2c(c1)OCO2. The van der Waals surface area contributed by atoms with E-state index in [4.69, 9.17) is 14.2 Å². The summed E-state index contributed by atoms with van der Waals surface area (Å²) in [7, 11) is 0. The number of hydrogen-bond donors (Lipinski definition) is 2. The lowest BCUT2D eigenvalue weighted by molar-refractivity contribution is -0.116. The van der Waals surface area contributed by atoms with Gasteiger partial charge in [0.25, 0.3) is 0 Å². The van der Waals surface area contributed by atoms with Gasteiger partial charge in [0.05, 0.1) is 25.1 Å². The molecule has 0 saturated carbocycles. The van der Waals surface area contributed by atoms with Gasteiger partial charge in [-0.25, -0.2) is 0 Å². The van der Waals surface area contributed by atoms with Crippen LogP contribution in [-0.2, 0) is 16.0 Å². The first-order valence-electron chi connectivity index (χ1n) is 7.92. The van der Waals surface area contributed by atoms with Crippen LogP contribution in [-0.4, -0.2) is 25.2 Å². The molecule has 0 unspecified atom stereocenters. The molecule has 7 heteroatoms. The lowest BCUT2D eigenvalue weighted by Gasteiger charge is -2.10. The summed E-state index contributed by atoms with van der Waals surface area (Å²) in [5.41, 5.74) is 2.01. The number of fused-ring (bicyclic) bond motifs is 2. The molecule has 0 bridgehead atoms. The van der Waals surface area contributed by atoms with Crippen LogP contribution >= 0.6 is 0 Å². The maximum Gasteiger partial charge on any atom is 0.231 e. The minimum atomic E-state index is -0.167. The first-order chi connectivity index (χ1) is 12.2. The van der Waals surface area contributed by atoms with Crippen LogP contribution in [0, 0.1) is 0 Å². The molecule has 0 spiro atoms. The molecule has 2 aromatic carbocycles. The van der Waals surface area contributed by atoms with Crippen molar-refractivity contribution in [3.63, 3.8) is 0 Å². The Morgan fingerprint density at radius 1 is 1.04 bits per heavy atom. The third kappa shape index (κ3) is 3.35. The molecular formula is C18H16N2O5. The highest BCUT2D eigenvalue weighted by Crippen LogP contribution is 2.34. The van der Waals surface area contributed by atoms with Gasteiger partial charge in [-0.2, -0.15) is 0 Å². The molecule has 0 atom stereocenters. The number of ether oxygens (including phenoxy) is 3. The Bertz CT molecular complexity index is 849. The Kier molecular flexibility index (Phi) is 3.89.